The first kappa shape index (κ1) is 22.1. The molecule has 8 nitrogen and oxygen atoms in total. The minimum atomic E-state index is -0.399. The van der Waals surface area contributed by atoms with E-state index in [1.165, 1.54) is 4.57 Å². The van der Waals surface area contributed by atoms with Crippen molar-refractivity contribution >= 4 is 22.4 Å². The fourth-order valence-electron chi connectivity index (χ4n) is 5.19. The van der Waals surface area contributed by atoms with Crippen molar-refractivity contribution in [2.45, 2.75) is 20.3 Å². The van der Waals surface area contributed by atoms with Gasteiger partial charge in [0.05, 0.1) is 41.1 Å². The second kappa shape index (κ2) is 8.38. The molecule has 6 rings (SSSR count). The highest BCUT2D eigenvalue weighted by Gasteiger charge is 2.29. The number of aryl methyl sites for hydroxylation is 1. The molecule has 0 N–H and O–H groups in total. The van der Waals surface area contributed by atoms with Crippen molar-refractivity contribution in [2.24, 2.45) is 18.9 Å². The summed E-state index contributed by atoms with van der Waals surface area (Å²) >= 11 is 0. The lowest BCUT2D eigenvalue weighted by Crippen LogP contribution is -2.23. The van der Waals surface area contributed by atoms with Crippen LogP contribution in [0.15, 0.2) is 64.2 Å². The Hall–Kier alpha value is -4.38. The van der Waals surface area contributed by atoms with E-state index in [0.29, 0.717) is 23.0 Å². The van der Waals surface area contributed by atoms with Crippen LogP contribution in [0.4, 0.5) is 5.82 Å². The van der Waals surface area contributed by atoms with Gasteiger partial charge in [0, 0.05) is 31.3 Å². The summed E-state index contributed by atoms with van der Waals surface area (Å²) in [7, 11) is 1.70. The van der Waals surface area contributed by atoms with Gasteiger partial charge in [0.25, 0.3) is 0 Å². The van der Waals surface area contributed by atoms with Gasteiger partial charge in [0.1, 0.15) is 5.52 Å². The average molecular weight is 479 g/mol. The Morgan fingerprint density at radius 1 is 1.11 bits per heavy atom. The van der Waals surface area contributed by atoms with E-state index in [-0.39, 0.29) is 0 Å². The Balaban J connectivity index is 1.60. The van der Waals surface area contributed by atoms with Gasteiger partial charge in [-0.05, 0) is 42.5 Å². The zero-order valence-electron chi connectivity index (χ0n) is 20.5. The van der Waals surface area contributed by atoms with Crippen molar-refractivity contribution in [1.29, 1.82) is 5.26 Å². The summed E-state index contributed by atoms with van der Waals surface area (Å²) in [6.07, 6.45) is 4.81. The minimum absolute atomic E-state index is 0.399. The third-order valence-electron chi connectivity index (χ3n) is 7.37. The Morgan fingerprint density at radius 3 is 2.61 bits per heavy atom. The minimum Gasteiger partial charge on any atom is -0.408 e. The van der Waals surface area contributed by atoms with Crippen LogP contribution in [0.5, 0.6) is 0 Å². The second-order valence-corrected chi connectivity index (χ2v) is 9.82. The summed E-state index contributed by atoms with van der Waals surface area (Å²) in [4.78, 5) is 24.2. The Labute approximate surface area is 208 Å². The van der Waals surface area contributed by atoms with Crippen LogP contribution < -0.4 is 10.7 Å². The molecule has 3 aromatic heterocycles. The Bertz CT molecular complexity index is 1700. The molecule has 5 aromatic rings. The first-order valence-corrected chi connectivity index (χ1v) is 12.2. The molecule has 8 heteroatoms. The maximum absolute atomic E-state index is 12.1. The molecule has 0 spiro atoms. The van der Waals surface area contributed by atoms with Gasteiger partial charge in [0.15, 0.2) is 11.4 Å². The number of imidazole rings is 1. The van der Waals surface area contributed by atoms with E-state index in [1.807, 2.05) is 55.0 Å². The Morgan fingerprint density at radius 2 is 1.89 bits per heavy atom. The molecule has 1 atom stereocenters. The maximum atomic E-state index is 12.1. The highest BCUT2D eigenvalue weighted by atomic mass is 16.4. The first-order chi connectivity index (χ1) is 17.4. The van der Waals surface area contributed by atoms with E-state index in [2.05, 4.69) is 34.2 Å². The molecule has 0 unspecified atom stereocenters. The van der Waals surface area contributed by atoms with E-state index in [1.54, 1.807) is 7.05 Å². The molecule has 1 aliphatic rings. The molecular formula is C28H26N6O2. The summed E-state index contributed by atoms with van der Waals surface area (Å²) < 4.78 is 9.05. The smallest absolute Gasteiger partial charge is 0.408 e. The van der Waals surface area contributed by atoms with Gasteiger partial charge in [-0.15, -0.1) is 0 Å². The molecule has 4 heterocycles. The van der Waals surface area contributed by atoms with E-state index >= 15 is 0 Å². The highest BCUT2D eigenvalue weighted by molar-refractivity contribution is 5.88. The van der Waals surface area contributed by atoms with Crippen LogP contribution in [-0.4, -0.2) is 32.0 Å². The number of nitrogens with zero attached hydrogens (tertiary/aromatic N) is 6. The van der Waals surface area contributed by atoms with Crippen molar-refractivity contribution in [3.05, 3.63) is 71.1 Å². The zero-order valence-corrected chi connectivity index (χ0v) is 20.5. The normalized spacial score (nSPS) is 15.9. The fraction of sp³-hybridized carbons (Fsp3) is 0.286. The average Bonchev–Trinajstić information content (AvgIpc) is 3.63. The van der Waals surface area contributed by atoms with Gasteiger partial charge >= 0.3 is 5.76 Å². The SMILES string of the molecule is CC(C)[C@H]1CCN(c2nc(-c3ccc(C#N)cc3)c(-c3ccc4c(c3)oc(=O)n4C)n3cncc23)C1. The van der Waals surface area contributed by atoms with Gasteiger partial charge in [-0.3, -0.25) is 8.97 Å². The summed E-state index contributed by atoms with van der Waals surface area (Å²) in [5, 5.41) is 9.30. The molecule has 0 saturated carbocycles. The van der Waals surface area contributed by atoms with Crippen LogP contribution in [-0.2, 0) is 7.05 Å². The van der Waals surface area contributed by atoms with Crippen molar-refractivity contribution in [1.82, 2.24) is 18.9 Å². The monoisotopic (exact) mass is 478 g/mol. The van der Waals surface area contributed by atoms with Gasteiger partial charge in [-0.1, -0.05) is 32.0 Å². The summed E-state index contributed by atoms with van der Waals surface area (Å²) in [6.45, 7) is 6.46. The first-order valence-electron chi connectivity index (χ1n) is 12.2. The topological polar surface area (TPSA) is 92.4 Å². The zero-order chi connectivity index (χ0) is 25.0. The predicted molar refractivity (Wildman–Crippen MR) is 139 cm³/mol. The lowest BCUT2D eigenvalue weighted by Gasteiger charge is -2.23. The number of rotatable bonds is 4. The number of hydrogen-bond donors (Lipinski definition) is 0. The molecule has 180 valence electrons. The quantitative estimate of drug-likeness (QED) is 0.366. The number of hydrogen-bond acceptors (Lipinski definition) is 6. The predicted octanol–water partition coefficient (Wildman–Crippen LogP) is 4.86. The summed E-state index contributed by atoms with van der Waals surface area (Å²) in [6, 6.07) is 15.4. The largest absolute Gasteiger partial charge is 0.419 e. The fourth-order valence-corrected chi connectivity index (χ4v) is 5.19. The van der Waals surface area contributed by atoms with Gasteiger partial charge in [0.2, 0.25) is 0 Å². The lowest BCUT2D eigenvalue weighted by molar-refractivity contribution is 0.422. The van der Waals surface area contributed by atoms with Crippen LogP contribution in [0.2, 0.25) is 0 Å². The van der Waals surface area contributed by atoms with Crippen molar-refractivity contribution in [2.75, 3.05) is 18.0 Å². The Kier molecular flexibility index (Phi) is 5.15. The van der Waals surface area contributed by atoms with Crippen LogP contribution in [0.1, 0.15) is 25.8 Å². The molecule has 0 bridgehead atoms. The molecule has 0 amide bonds. The van der Waals surface area contributed by atoms with E-state index in [9.17, 15) is 10.1 Å². The molecule has 1 aliphatic heterocycles. The van der Waals surface area contributed by atoms with Crippen LogP contribution in [0.3, 0.4) is 0 Å². The van der Waals surface area contributed by atoms with Crippen molar-refractivity contribution < 1.29 is 4.42 Å². The van der Waals surface area contributed by atoms with Crippen LogP contribution >= 0.6 is 0 Å². The van der Waals surface area contributed by atoms with E-state index in [0.717, 1.165) is 58.9 Å². The van der Waals surface area contributed by atoms with Crippen molar-refractivity contribution in [3.63, 3.8) is 0 Å². The number of nitriles is 1. The van der Waals surface area contributed by atoms with Gasteiger partial charge in [-0.25, -0.2) is 14.8 Å². The van der Waals surface area contributed by atoms with Crippen molar-refractivity contribution in [3.8, 4) is 28.6 Å². The third-order valence-corrected chi connectivity index (χ3v) is 7.37. The summed E-state index contributed by atoms with van der Waals surface area (Å²) in [5.74, 6) is 1.74. The molecular weight excluding hydrogens is 452 g/mol. The number of fused-ring (bicyclic) bond motifs is 2. The van der Waals surface area contributed by atoms with Crippen LogP contribution in [0.25, 0.3) is 39.1 Å². The number of anilines is 1. The molecule has 1 fully saturated rings. The van der Waals surface area contributed by atoms with Crippen LogP contribution in [0, 0.1) is 23.2 Å². The number of oxazole rings is 1. The number of benzene rings is 2. The van der Waals surface area contributed by atoms with Gasteiger partial charge < -0.3 is 9.32 Å². The van der Waals surface area contributed by atoms with Gasteiger partial charge in [-0.2, -0.15) is 5.26 Å². The molecule has 36 heavy (non-hydrogen) atoms. The number of aromatic nitrogens is 4. The third kappa shape index (κ3) is 3.47. The molecule has 2 aromatic carbocycles. The highest BCUT2D eigenvalue weighted by Crippen LogP contribution is 2.38. The standard InChI is InChI=1S/C28H26N6O2/c1-17(2)21-10-11-33(15-21)27-23-14-30-16-34(23)26(25(31-27)19-6-4-18(13-29)5-7-19)20-8-9-22-24(12-20)36-28(35)32(22)3/h4-9,12,14,16-17,21H,10-11,15H2,1-3H3/t21-/m0/s1. The van der Waals surface area contributed by atoms with E-state index in [4.69, 9.17) is 9.40 Å². The molecule has 0 radical (unpaired) electrons. The summed E-state index contributed by atoms with van der Waals surface area (Å²) in [5.41, 5.74) is 6.16. The molecule has 1 saturated heterocycles. The molecule has 0 aliphatic carbocycles. The lowest BCUT2D eigenvalue weighted by atomic mass is 9.95. The second-order valence-electron chi connectivity index (χ2n) is 9.82. The van der Waals surface area contributed by atoms with E-state index < -0.39 is 5.76 Å². The maximum Gasteiger partial charge on any atom is 0.419 e.